The van der Waals surface area contributed by atoms with Gasteiger partial charge in [0.25, 0.3) is 0 Å². The Kier molecular flexibility index (Phi) is 4.49. The predicted octanol–water partition coefficient (Wildman–Crippen LogP) is 3.18. The Morgan fingerprint density at radius 3 is 3.00 bits per heavy atom. The zero-order valence-corrected chi connectivity index (χ0v) is 9.42. The predicted molar refractivity (Wildman–Crippen MR) is 61.2 cm³/mol. The van der Waals surface area contributed by atoms with Gasteiger partial charge in [0.15, 0.2) is 0 Å². The van der Waals surface area contributed by atoms with Gasteiger partial charge in [0.2, 0.25) is 5.76 Å². The van der Waals surface area contributed by atoms with Crippen LogP contribution in [0, 0.1) is 0 Å². The lowest BCUT2D eigenvalue weighted by molar-refractivity contribution is 0.0661. The van der Waals surface area contributed by atoms with E-state index < -0.39 is 5.97 Å². The first-order valence-corrected chi connectivity index (χ1v) is 5.73. The highest BCUT2D eigenvalue weighted by atomic mass is 32.2. The molecule has 0 aliphatic heterocycles. The third-order valence-corrected chi connectivity index (χ3v) is 3.09. The van der Waals surface area contributed by atoms with Crippen molar-refractivity contribution >= 4 is 17.7 Å². The molecule has 1 atom stereocenters. The molecule has 0 aliphatic carbocycles. The molecule has 3 nitrogen and oxygen atoms in total. The van der Waals surface area contributed by atoms with Gasteiger partial charge >= 0.3 is 5.97 Å². The molecule has 0 fully saturated rings. The molecule has 0 saturated heterocycles. The second kappa shape index (κ2) is 5.66. The smallest absolute Gasteiger partial charge is 0.371 e. The summed E-state index contributed by atoms with van der Waals surface area (Å²) in [6, 6.07) is 3.19. The van der Waals surface area contributed by atoms with Crippen molar-refractivity contribution < 1.29 is 14.3 Å². The molecule has 1 unspecified atom stereocenters. The van der Waals surface area contributed by atoms with Gasteiger partial charge in [-0.05, 0) is 18.6 Å². The van der Waals surface area contributed by atoms with Crippen LogP contribution in [-0.4, -0.2) is 16.3 Å². The maximum atomic E-state index is 10.5. The van der Waals surface area contributed by atoms with E-state index in [0.717, 1.165) is 6.42 Å². The average Bonchev–Trinajstić information content (AvgIpc) is 2.63. The minimum Gasteiger partial charge on any atom is -0.475 e. The summed E-state index contributed by atoms with van der Waals surface area (Å²) in [5, 5.41) is 9.12. The van der Waals surface area contributed by atoms with E-state index >= 15 is 0 Å². The van der Waals surface area contributed by atoms with E-state index in [2.05, 4.69) is 13.5 Å². The highest BCUT2D eigenvalue weighted by molar-refractivity contribution is 7.99. The summed E-state index contributed by atoms with van der Waals surface area (Å²) in [5.74, 6) is 0.378. The molecule has 1 heterocycles. The molecule has 15 heavy (non-hydrogen) atoms. The van der Waals surface area contributed by atoms with Gasteiger partial charge in [-0.25, -0.2) is 4.79 Å². The Morgan fingerprint density at radius 2 is 2.47 bits per heavy atom. The van der Waals surface area contributed by atoms with Crippen molar-refractivity contribution in [3.63, 3.8) is 0 Å². The van der Waals surface area contributed by atoms with Gasteiger partial charge in [-0.15, -0.1) is 6.58 Å². The van der Waals surface area contributed by atoms with Crippen LogP contribution in [0.4, 0.5) is 0 Å². The van der Waals surface area contributed by atoms with E-state index in [4.69, 9.17) is 9.52 Å². The average molecular weight is 226 g/mol. The van der Waals surface area contributed by atoms with Gasteiger partial charge in [0.05, 0.1) is 5.75 Å². The van der Waals surface area contributed by atoms with Crippen molar-refractivity contribution in [2.24, 2.45) is 0 Å². The van der Waals surface area contributed by atoms with Crippen LogP contribution in [0.15, 0.2) is 29.2 Å². The van der Waals surface area contributed by atoms with Crippen LogP contribution in [-0.2, 0) is 5.75 Å². The molecule has 0 saturated carbocycles. The molecule has 0 bridgehead atoms. The van der Waals surface area contributed by atoms with E-state index in [1.54, 1.807) is 17.8 Å². The quantitative estimate of drug-likeness (QED) is 0.757. The molecule has 1 rings (SSSR count). The zero-order valence-electron chi connectivity index (χ0n) is 8.60. The van der Waals surface area contributed by atoms with Crippen LogP contribution in [0.3, 0.4) is 0 Å². The van der Waals surface area contributed by atoms with E-state index in [1.165, 1.54) is 6.07 Å². The Bertz CT molecular complexity index is 343. The number of allylic oxidation sites excluding steroid dienone is 1. The largest absolute Gasteiger partial charge is 0.475 e. The summed E-state index contributed by atoms with van der Waals surface area (Å²) < 4.78 is 5.13. The maximum absolute atomic E-state index is 10.5. The van der Waals surface area contributed by atoms with E-state index in [9.17, 15) is 4.79 Å². The second-order valence-electron chi connectivity index (χ2n) is 3.22. The molecule has 1 aromatic heterocycles. The van der Waals surface area contributed by atoms with Crippen LogP contribution in [0.2, 0.25) is 0 Å². The number of thioether (sulfide) groups is 1. The minimum atomic E-state index is -1.02. The topological polar surface area (TPSA) is 50.4 Å². The normalized spacial score (nSPS) is 12.3. The summed E-state index contributed by atoms with van der Waals surface area (Å²) in [6.45, 7) is 5.77. The van der Waals surface area contributed by atoms with Crippen molar-refractivity contribution in [1.29, 1.82) is 0 Å². The fourth-order valence-corrected chi connectivity index (χ4v) is 1.97. The number of carboxylic acids is 1. The van der Waals surface area contributed by atoms with Crippen LogP contribution in [0.5, 0.6) is 0 Å². The van der Waals surface area contributed by atoms with Crippen molar-refractivity contribution in [1.82, 2.24) is 0 Å². The summed E-state index contributed by atoms with van der Waals surface area (Å²) >= 11 is 1.72. The molecular formula is C11H14O3S. The Balaban J connectivity index is 2.44. The lowest BCUT2D eigenvalue weighted by atomic mass is 10.3. The summed E-state index contributed by atoms with van der Waals surface area (Å²) in [6.07, 6.45) is 2.82. The number of furan rings is 1. The SMILES string of the molecule is C=CCC(C)SCc1ccc(C(=O)O)o1. The number of carboxylic acid groups (broad SMARTS) is 1. The summed E-state index contributed by atoms with van der Waals surface area (Å²) in [4.78, 5) is 10.5. The van der Waals surface area contributed by atoms with E-state index in [-0.39, 0.29) is 5.76 Å². The number of rotatable bonds is 6. The molecular weight excluding hydrogens is 212 g/mol. The first-order valence-electron chi connectivity index (χ1n) is 4.68. The standard InChI is InChI=1S/C11H14O3S/c1-3-4-8(2)15-7-9-5-6-10(14-9)11(12)13/h3,5-6,8H,1,4,7H2,2H3,(H,12,13). The first kappa shape index (κ1) is 11.9. The monoisotopic (exact) mass is 226 g/mol. The highest BCUT2D eigenvalue weighted by Crippen LogP contribution is 2.21. The zero-order chi connectivity index (χ0) is 11.3. The van der Waals surface area contributed by atoms with Crippen LogP contribution in [0.25, 0.3) is 0 Å². The van der Waals surface area contributed by atoms with Crippen molar-refractivity contribution in [3.05, 3.63) is 36.3 Å². The second-order valence-corrected chi connectivity index (χ2v) is 4.64. The highest BCUT2D eigenvalue weighted by Gasteiger charge is 2.09. The van der Waals surface area contributed by atoms with Gasteiger partial charge in [-0.2, -0.15) is 11.8 Å². The van der Waals surface area contributed by atoms with Crippen LogP contribution >= 0.6 is 11.8 Å². The fraction of sp³-hybridized carbons (Fsp3) is 0.364. The third kappa shape index (κ3) is 3.83. The van der Waals surface area contributed by atoms with Crippen LogP contribution in [0.1, 0.15) is 29.7 Å². The molecule has 0 amide bonds. The molecule has 0 aliphatic rings. The van der Waals surface area contributed by atoms with Gasteiger partial charge < -0.3 is 9.52 Å². The fourth-order valence-electron chi connectivity index (χ4n) is 1.10. The molecule has 1 N–H and O–H groups in total. The summed E-state index contributed by atoms with van der Waals surface area (Å²) in [5.41, 5.74) is 0. The van der Waals surface area contributed by atoms with Gasteiger partial charge in [0.1, 0.15) is 5.76 Å². The van der Waals surface area contributed by atoms with Gasteiger partial charge in [-0.1, -0.05) is 13.0 Å². The third-order valence-electron chi connectivity index (χ3n) is 1.88. The Morgan fingerprint density at radius 1 is 1.73 bits per heavy atom. The lowest BCUT2D eigenvalue weighted by Gasteiger charge is -2.05. The van der Waals surface area contributed by atoms with Crippen molar-refractivity contribution in [3.8, 4) is 0 Å². The summed E-state index contributed by atoms with van der Waals surface area (Å²) in [7, 11) is 0. The molecule has 0 spiro atoms. The Labute approximate surface area is 93.2 Å². The number of hydrogen-bond acceptors (Lipinski definition) is 3. The van der Waals surface area contributed by atoms with Gasteiger partial charge in [-0.3, -0.25) is 0 Å². The molecule has 0 radical (unpaired) electrons. The maximum Gasteiger partial charge on any atom is 0.371 e. The molecule has 1 aromatic rings. The van der Waals surface area contributed by atoms with Crippen molar-refractivity contribution in [2.45, 2.75) is 24.3 Å². The van der Waals surface area contributed by atoms with E-state index in [0.29, 0.717) is 16.8 Å². The van der Waals surface area contributed by atoms with Crippen LogP contribution < -0.4 is 0 Å². The molecule has 82 valence electrons. The van der Waals surface area contributed by atoms with Gasteiger partial charge in [0, 0.05) is 5.25 Å². The Hall–Kier alpha value is -1.16. The molecule has 4 heteroatoms. The van der Waals surface area contributed by atoms with Crippen molar-refractivity contribution in [2.75, 3.05) is 0 Å². The molecule has 0 aromatic carbocycles. The first-order chi connectivity index (χ1) is 7.13. The van der Waals surface area contributed by atoms with E-state index in [1.807, 2.05) is 6.08 Å². The minimum absolute atomic E-state index is 0.00183. The number of carbonyl (C=O) groups is 1. The lowest BCUT2D eigenvalue weighted by Crippen LogP contribution is -1.94. The number of hydrogen-bond donors (Lipinski definition) is 1. The number of aromatic carboxylic acids is 1.